The maximum absolute atomic E-state index is 4.79. The van der Waals surface area contributed by atoms with Crippen LogP contribution in [0, 0.1) is 11.8 Å². The molecule has 0 amide bonds. The fraction of sp³-hybridized carbons (Fsp3) is 0.789. The number of halogens is 1. The van der Waals surface area contributed by atoms with E-state index < -0.39 is 0 Å². The van der Waals surface area contributed by atoms with E-state index in [1.165, 1.54) is 49.5 Å². The van der Waals surface area contributed by atoms with Crippen molar-refractivity contribution in [1.82, 2.24) is 15.2 Å². The molecule has 2 atom stereocenters. The van der Waals surface area contributed by atoms with Crippen molar-refractivity contribution in [2.24, 2.45) is 16.8 Å². The second-order valence-corrected chi connectivity index (χ2v) is 9.25. The highest BCUT2D eigenvalue weighted by molar-refractivity contribution is 14.0. The van der Waals surface area contributed by atoms with Crippen LogP contribution in [0.15, 0.2) is 10.4 Å². The Labute approximate surface area is 173 Å². The van der Waals surface area contributed by atoms with E-state index in [-0.39, 0.29) is 29.4 Å². The number of aliphatic imine (C=N–C) groups is 1. The zero-order valence-electron chi connectivity index (χ0n) is 16.0. The molecule has 2 fully saturated rings. The molecule has 1 N–H and O–H groups in total. The molecule has 1 aliphatic carbocycles. The largest absolute Gasteiger partial charge is 0.356 e. The molecule has 1 saturated carbocycles. The van der Waals surface area contributed by atoms with Gasteiger partial charge in [0.25, 0.3) is 0 Å². The first-order valence-electron chi connectivity index (χ1n) is 9.38. The predicted octanol–water partition coefficient (Wildman–Crippen LogP) is 4.30. The highest BCUT2D eigenvalue weighted by Gasteiger charge is 2.35. The van der Waals surface area contributed by atoms with Crippen molar-refractivity contribution >= 4 is 41.3 Å². The average molecular weight is 476 g/mol. The minimum Gasteiger partial charge on any atom is -0.356 e. The van der Waals surface area contributed by atoms with Gasteiger partial charge in [0.15, 0.2) is 5.96 Å². The summed E-state index contributed by atoms with van der Waals surface area (Å²) in [5, 5.41) is 6.98. The van der Waals surface area contributed by atoms with Crippen LogP contribution in [0.4, 0.5) is 0 Å². The molecule has 0 spiro atoms. The fourth-order valence-electron chi connectivity index (χ4n) is 3.96. The van der Waals surface area contributed by atoms with Crippen LogP contribution in [0.25, 0.3) is 0 Å². The summed E-state index contributed by atoms with van der Waals surface area (Å²) in [5.41, 5.74) is 1.35. The monoisotopic (exact) mass is 476 g/mol. The first kappa shape index (κ1) is 20.9. The first-order valence-corrected chi connectivity index (χ1v) is 10.3. The van der Waals surface area contributed by atoms with Gasteiger partial charge < -0.3 is 10.2 Å². The van der Waals surface area contributed by atoms with Gasteiger partial charge in [0.05, 0.1) is 10.7 Å². The number of thiazole rings is 1. The number of hydrogen-bond acceptors (Lipinski definition) is 3. The third-order valence-electron chi connectivity index (χ3n) is 5.43. The molecule has 4 nitrogen and oxygen atoms in total. The van der Waals surface area contributed by atoms with Gasteiger partial charge in [-0.05, 0) is 24.7 Å². The van der Waals surface area contributed by atoms with Gasteiger partial charge >= 0.3 is 0 Å². The lowest BCUT2D eigenvalue weighted by Crippen LogP contribution is -2.41. The molecule has 0 aromatic carbocycles. The summed E-state index contributed by atoms with van der Waals surface area (Å²) in [5.74, 6) is 2.87. The number of hydrogen-bond donors (Lipinski definition) is 1. The standard InChI is InChI=1S/C19H32N4S.HI/c1-19(2,3)16-13-24-17(22-16)9-10-21-18(20-4)23-11-14-7-5-6-8-15(14)12-23;/h13-15H,5-12H2,1-4H3,(H,20,21);1H. The summed E-state index contributed by atoms with van der Waals surface area (Å²) in [6.45, 7) is 9.96. The Morgan fingerprint density at radius 2 is 1.92 bits per heavy atom. The van der Waals surface area contributed by atoms with Crippen molar-refractivity contribution in [2.75, 3.05) is 26.7 Å². The van der Waals surface area contributed by atoms with E-state index in [1.54, 1.807) is 11.3 Å². The van der Waals surface area contributed by atoms with Crippen molar-refractivity contribution < 1.29 is 0 Å². The molecule has 3 rings (SSSR count). The molecule has 142 valence electrons. The molecule has 2 aliphatic rings. The van der Waals surface area contributed by atoms with E-state index in [0.29, 0.717) is 0 Å². The van der Waals surface area contributed by atoms with Gasteiger partial charge in [0, 0.05) is 43.9 Å². The number of guanidine groups is 1. The van der Waals surface area contributed by atoms with Crippen LogP contribution in [0.2, 0.25) is 0 Å². The molecule has 0 bridgehead atoms. The van der Waals surface area contributed by atoms with E-state index in [0.717, 1.165) is 30.8 Å². The van der Waals surface area contributed by atoms with Gasteiger partial charge in [-0.15, -0.1) is 35.3 Å². The Kier molecular flexibility index (Phi) is 7.55. The zero-order valence-corrected chi connectivity index (χ0v) is 19.2. The Morgan fingerprint density at radius 1 is 1.28 bits per heavy atom. The Bertz CT molecular complexity index is 564. The maximum atomic E-state index is 4.79. The van der Waals surface area contributed by atoms with E-state index >= 15 is 0 Å². The third kappa shape index (κ3) is 5.31. The SMILES string of the molecule is CN=C(NCCc1nc(C(C)(C)C)cs1)N1CC2CCCCC2C1.I. The van der Waals surface area contributed by atoms with Gasteiger partial charge in [-0.1, -0.05) is 33.6 Å². The predicted molar refractivity (Wildman–Crippen MR) is 118 cm³/mol. The number of aromatic nitrogens is 1. The smallest absolute Gasteiger partial charge is 0.193 e. The molecule has 6 heteroatoms. The Balaban J connectivity index is 0.00000225. The molecule has 25 heavy (non-hydrogen) atoms. The quantitative estimate of drug-likeness (QED) is 0.402. The van der Waals surface area contributed by atoms with Crippen molar-refractivity contribution in [1.29, 1.82) is 0 Å². The molecular weight excluding hydrogens is 443 g/mol. The summed E-state index contributed by atoms with van der Waals surface area (Å²) < 4.78 is 0. The molecule has 2 unspecified atom stereocenters. The summed E-state index contributed by atoms with van der Waals surface area (Å²) >= 11 is 1.78. The van der Waals surface area contributed by atoms with Crippen molar-refractivity contribution in [3.63, 3.8) is 0 Å². The van der Waals surface area contributed by atoms with Crippen molar-refractivity contribution in [3.8, 4) is 0 Å². The van der Waals surface area contributed by atoms with Gasteiger partial charge in [-0.25, -0.2) is 4.98 Å². The summed E-state index contributed by atoms with van der Waals surface area (Å²) in [6, 6.07) is 0. The molecule has 0 radical (unpaired) electrons. The second-order valence-electron chi connectivity index (χ2n) is 8.31. The van der Waals surface area contributed by atoms with E-state index in [2.05, 4.69) is 41.4 Å². The van der Waals surface area contributed by atoms with Crippen LogP contribution >= 0.6 is 35.3 Å². The number of nitrogens with one attached hydrogen (secondary N) is 1. The van der Waals surface area contributed by atoms with E-state index in [1.807, 2.05) is 7.05 Å². The van der Waals surface area contributed by atoms with Crippen LogP contribution < -0.4 is 5.32 Å². The van der Waals surface area contributed by atoms with Gasteiger partial charge in [0.1, 0.15) is 0 Å². The third-order valence-corrected chi connectivity index (χ3v) is 6.34. The molecule has 1 saturated heterocycles. The fourth-order valence-corrected chi connectivity index (χ4v) is 4.99. The summed E-state index contributed by atoms with van der Waals surface area (Å²) in [7, 11) is 1.91. The number of rotatable bonds is 3. The van der Waals surface area contributed by atoms with Crippen LogP contribution in [0.1, 0.15) is 57.2 Å². The number of fused-ring (bicyclic) bond motifs is 1. The average Bonchev–Trinajstić information content (AvgIpc) is 3.17. The number of nitrogens with zero attached hydrogens (tertiary/aromatic N) is 3. The lowest BCUT2D eigenvalue weighted by molar-refractivity contribution is 0.299. The van der Waals surface area contributed by atoms with Gasteiger partial charge in [-0.2, -0.15) is 0 Å². The van der Waals surface area contributed by atoms with E-state index in [4.69, 9.17) is 4.98 Å². The van der Waals surface area contributed by atoms with Gasteiger partial charge in [0.2, 0.25) is 0 Å². The Morgan fingerprint density at radius 3 is 2.44 bits per heavy atom. The minimum absolute atomic E-state index is 0. The molecule has 1 aliphatic heterocycles. The lowest BCUT2D eigenvalue weighted by Gasteiger charge is -2.22. The van der Waals surface area contributed by atoms with Crippen LogP contribution in [-0.2, 0) is 11.8 Å². The summed E-state index contributed by atoms with van der Waals surface area (Å²) in [6.07, 6.45) is 6.63. The summed E-state index contributed by atoms with van der Waals surface area (Å²) in [4.78, 5) is 11.8. The Hall–Kier alpha value is -0.370. The zero-order chi connectivity index (χ0) is 17.2. The minimum atomic E-state index is 0. The molecular formula is C19H33IN4S. The second kappa shape index (κ2) is 9.02. The topological polar surface area (TPSA) is 40.5 Å². The van der Waals surface area contributed by atoms with Crippen LogP contribution in [0.3, 0.4) is 0 Å². The molecule has 2 heterocycles. The van der Waals surface area contributed by atoms with Crippen LogP contribution in [-0.4, -0.2) is 42.5 Å². The highest BCUT2D eigenvalue weighted by atomic mass is 127. The van der Waals surface area contributed by atoms with Crippen molar-refractivity contribution in [2.45, 2.75) is 58.3 Å². The number of likely N-dealkylation sites (tertiary alicyclic amines) is 1. The molecule has 1 aromatic rings. The van der Waals surface area contributed by atoms with Crippen molar-refractivity contribution in [3.05, 3.63) is 16.1 Å². The maximum Gasteiger partial charge on any atom is 0.193 e. The normalized spacial score (nSPS) is 24.0. The first-order chi connectivity index (χ1) is 11.5. The lowest BCUT2D eigenvalue weighted by atomic mass is 9.82. The van der Waals surface area contributed by atoms with E-state index in [9.17, 15) is 0 Å². The highest BCUT2D eigenvalue weighted by Crippen LogP contribution is 2.35. The molecule has 1 aromatic heterocycles. The van der Waals surface area contributed by atoms with Gasteiger partial charge in [-0.3, -0.25) is 4.99 Å². The van der Waals surface area contributed by atoms with Crippen LogP contribution in [0.5, 0.6) is 0 Å².